The Morgan fingerprint density at radius 1 is 0.913 bits per heavy atom. The van der Waals surface area contributed by atoms with Crippen molar-refractivity contribution >= 4 is 33.8 Å². The van der Waals surface area contributed by atoms with Crippen LogP contribution in [0.2, 0.25) is 0 Å². The lowest BCUT2D eigenvalue weighted by Gasteiger charge is -2.13. The fraction of sp³-hybridized carbons (Fsp3) is 0.105. The highest BCUT2D eigenvalue weighted by Crippen LogP contribution is 2.24. The fourth-order valence-corrected chi connectivity index (χ4v) is 3.06. The average Bonchev–Trinajstić information content (AvgIpc) is 3.19. The van der Waals surface area contributed by atoms with Gasteiger partial charge in [-0.2, -0.15) is 0 Å². The fourth-order valence-electron chi connectivity index (χ4n) is 3.06. The molecule has 0 unspecified atom stereocenters. The molecule has 0 bridgehead atoms. The Kier molecular flexibility index (Phi) is 3.35. The molecule has 0 saturated heterocycles. The third kappa shape index (κ3) is 2.48. The lowest BCUT2D eigenvalue weighted by Crippen LogP contribution is -2.23. The summed E-state index contributed by atoms with van der Waals surface area (Å²) in [5, 5.41) is 5.60. The Morgan fingerprint density at radius 3 is 2.35 bits per heavy atom. The summed E-state index contributed by atoms with van der Waals surface area (Å²) in [6.07, 6.45) is 5.52. The molecule has 0 fully saturated rings. The molecule has 0 aliphatic carbocycles. The Labute approximate surface area is 133 Å². The lowest BCUT2D eigenvalue weighted by atomic mass is 10.1. The number of fused-ring (bicyclic) bond motifs is 2. The highest BCUT2D eigenvalue weighted by molar-refractivity contribution is 5.93. The molecule has 23 heavy (non-hydrogen) atoms. The largest absolute Gasteiger partial charge is 0.374 e. The number of benzene rings is 2. The van der Waals surface area contributed by atoms with Crippen molar-refractivity contribution in [2.75, 3.05) is 5.32 Å². The molecule has 4 rings (SSSR count). The number of hydrogen-bond acceptors (Lipinski definition) is 2. The second-order valence-corrected chi connectivity index (χ2v) is 5.70. The molecule has 0 saturated carbocycles. The van der Waals surface area contributed by atoms with Gasteiger partial charge in [0.15, 0.2) is 0 Å². The number of aldehydes is 1. The first kappa shape index (κ1) is 13.6. The van der Waals surface area contributed by atoms with Crippen molar-refractivity contribution in [3.05, 3.63) is 66.5 Å². The summed E-state index contributed by atoms with van der Waals surface area (Å²) in [6, 6.07) is 15.9. The Morgan fingerprint density at radius 2 is 1.57 bits per heavy atom. The number of aromatic nitrogens is 2. The zero-order valence-corrected chi connectivity index (χ0v) is 12.5. The van der Waals surface area contributed by atoms with E-state index in [4.69, 9.17) is 0 Å². The van der Waals surface area contributed by atoms with Gasteiger partial charge in [-0.1, -0.05) is 36.4 Å². The van der Waals surface area contributed by atoms with Gasteiger partial charge in [0.1, 0.15) is 6.29 Å². The van der Waals surface area contributed by atoms with Crippen molar-refractivity contribution in [3.8, 4) is 0 Å². The van der Waals surface area contributed by atoms with Gasteiger partial charge in [-0.05, 0) is 17.7 Å². The van der Waals surface area contributed by atoms with E-state index in [1.54, 1.807) is 0 Å². The number of nitrogens with one attached hydrogen (secondary N) is 3. The average molecular weight is 303 g/mol. The van der Waals surface area contributed by atoms with Crippen LogP contribution in [0.1, 0.15) is 5.56 Å². The summed E-state index contributed by atoms with van der Waals surface area (Å²) in [5.41, 5.74) is 4.26. The van der Waals surface area contributed by atoms with Crippen LogP contribution >= 0.6 is 0 Å². The van der Waals surface area contributed by atoms with Crippen LogP contribution in [0, 0.1) is 0 Å². The number of para-hydroxylation sites is 2. The van der Waals surface area contributed by atoms with E-state index < -0.39 is 0 Å². The van der Waals surface area contributed by atoms with Crippen LogP contribution in [0.15, 0.2) is 60.9 Å². The molecule has 2 aromatic heterocycles. The van der Waals surface area contributed by atoms with E-state index >= 15 is 0 Å². The molecular formula is C19H17N3O. The normalized spacial score (nSPS) is 12.5. The van der Waals surface area contributed by atoms with E-state index in [0.29, 0.717) is 6.42 Å². The minimum atomic E-state index is -0.270. The molecule has 0 aliphatic heterocycles. The lowest BCUT2D eigenvalue weighted by molar-refractivity contribution is -0.108. The third-order valence-corrected chi connectivity index (χ3v) is 4.21. The molecule has 1 atom stereocenters. The minimum absolute atomic E-state index is 0.270. The van der Waals surface area contributed by atoms with Gasteiger partial charge in [0.2, 0.25) is 0 Å². The van der Waals surface area contributed by atoms with Gasteiger partial charge in [-0.15, -0.1) is 0 Å². The second kappa shape index (κ2) is 5.65. The maximum atomic E-state index is 11.5. The van der Waals surface area contributed by atoms with Crippen LogP contribution in [0.3, 0.4) is 0 Å². The number of carbonyl (C=O) groups is 1. The van der Waals surface area contributed by atoms with Crippen LogP contribution < -0.4 is 5.32 Å². The van der Waals surface area contributed by atoms with Crippen molar-refractivity contribution in [1.29, 1.82) is 0 Å². The first-order chi connectivity index (χ1) is 11.3. The number of rotatable bonds is 5. The van der Waals surface area contributed by atoms with Crippen LogP contribution in [0.5, 0.6) is 0 Å². The monoisotopic (exact) mass is 303 g/mol. The first-order valence-electron chi connectivity index (χ1n) is 7.68. The van der Waals surface area contributed by atoms with Gasteiger partial charge in [0.25, 0.3) is 0 Å². The van der Waals surface area contributed by atoms with E-state index in [0.717, 1.165) is 34.0 Å². The molecule has 2 heterocycles. The Balaban J connectivity index is 1.60. The molecule has 2 aromatic carbocycles. The molecule has 114 valence electrons. The summed E-state index contributed by atoms with van der Waals surface area (Å²) in [4.78, 5) is 18.0. The summed E-state index contributed by atoms with van der Waals surface area (Å²) in [6.45, 7) is 0. The number of anilines is 1. The van der Waals surface area contributed by atoms with E-state index in [9.17, 15) is 4.79 Å². The minimum Gasteiger partial charge on any atom is -0.374 e. The van der Waals surface area contributed by atoms with E-state index in [-0.39, 0.29) is 6.04 Å². The highest BCUT2D eigenvalue weighted by Gasteiger charge is 2.13. The standard InChI is InChI=1S/C19H17N3O/c23-12-14(9-13-10-20-17-7-3-1-5-15(13)17)22-19-11-21-18-8-4-2-6-16(18)19/h1-8,10-12,14,20-22H,9H2/t14-/m0/s1. The summed E-state index contributed by atoms with van der Waals surface area (Å²) in [7, 11) is 0. The van der Waals surface area contributed by atoms with Crippen molar-refractivity contribution in [2.45, 2.75) is 12.5 Å². The highest BCUT2D eigenvalue weighted by atomic mass is 16.1. The van der Waals surface area contributed by atoms with Crippen molar-refractivity contribution in [1.82, 2.24) is 9.97 Å². The smallest absolute Gasteiger partial charge is 0.142 e. The molecule has 4 nitrogen and oxygen atoms in total. The van der Waals surface area contributed by atoms with Crippen LogP contribution in [0.4, 0.5) is 5.69 Å². The maximum Gasteiger partial charge on any atom is 0.142 e. The molecule has 4 heteroatoms. The number of hydrogen-bond donors (Lipinski definition) is 3. The molecule has 0 amide bonds. The van der Waals surface area contributed by atoms with Crippen LogP contribution in [-0.4, -0.2) is 22.3 Å². The predicted molar refractivity (Wildman–Crippen MR) is 93.8 cm³/mol. The van der Waals surface area contributed by atoms with E-state index in [2.05, 4.69) is 21.4 Å². The van der Waals surface area contributed by atoms with Gasteiger partial charge >= 0.3 is 0 Å². The van der Waals surface area contributed by atoms with Gasteiger partial charge in [-0.25, -0.2) is 0 Å². The predicted octanol–water partition coefficient (Wildman–Crippen LogP) is 3.87. The van der Waals surface area contributed by atoms with Crippen molar-refractivity contribution in [2.24, 2.45) is 0 Å². The molecule has 0 spiro atoms. The van der Waals surface area contributed by atoms with Crippen molar-refractivity contribution in [3.63, 3.8) is 0 Å². The Bertz CT molecular complexity index is 891. The van der Waals surface area contributed by atoms with E-state index in [1.807, 2.05) is 54.9 Å². The topological polar surface area (TPSA) is 60.7 Å². The maximum absolute atomic E-state index is 11.5. The molecular weight excluding hydrogens is 286 g/mol. The Hall–Kier alpha value is -3.01. The van der Waals surface area contributed by atoms with Gasteiger partial charge in [0, 0.05) is 40.6 Å². The summed E-state index contributed by atoms with van der Waals surface area (Å²) in [5.74, 6) is 0. The van der Waals surface area contributed by atoms with E-state index in [1.165, 1.54) is 5.39 Å². The molecule has 0 radical (unpaired) electrons. The zero-order valence-electron chi connectivity index (χ0n) is 12.5. The molecule has 4 aromatic rings. The van der Waals surface area contributed by atoms with Gasteiger partial charge in [0.05, 0.1) is 11.7 Å². The van der Waals surface area contributed by atoms with Gasteiger partial charge in [-0.3, -0.25) is 0 Å². The number of aromatic amines is 2. The third-order valence-electron chi connectivity index (χ3n) is 4.21. The number of carbonyl (C=O) groups excluding carboxylic acids is 1. The second-order valence-electron chi connectivity index (χ2n) is 5.70. The molecule has 3 N–H and O–H groups in total. The van der Waals surface area contributed by atoms with Crippen LogP contribution in [-0.2, 0) is 11.2 Å². The van der Waals surface area contributed by atoms with Crippen LogP contribution in [0.25, 0.3) is 21.8 Å². The summed E-state index contributed by atoms with van der Waals surface area (Å²) < 4.78 is 0. The summed E-state index contributed by atoms with van der Waals surface area (Å²) >= 11 is 0. The SMILES string of the molecule is O=C[C@H](Cc1c[nH]c2ccccc12)Nc1c[nH]c2ccccc12. The van der Waals surface area contributed by atoms with Crippen molar-refractivity contribution < 1.29 is 4.79 Å². The first-order valence-corrected chi connectivity index (χ1v) is 7.68. The number of H-pyrrole nitrogens is 2. The quantitative estimate of drug-likeness (QED) is 0.490. The molecule has 0 aliphatic rings. The van der Waals surface area contributed by atoms with Gasteiger partial charge < -0.3 is 20.1 Å². The zero-order chi connectivity index (χ0) is 15.6.